The highest BCUT2D eigenvalue weighted by molar-refractivity contribution is 5.94. The lowest BCUT2D eigenvalue weighted by Crippen LogP contribution is -2.33. The van der Waals surface area contributed by atoms with Crippen molar-refractivity contribution >= 4 is 24.2 Å². The molecule has 0 saturated carbocycles. The third-order valence-corrected chi connectivity index (χ3v) is 4.58. The van der Waals surface area contributed by atoms with E-state index in [9.17, 15) is 4.79 Å². The number of fused-ring (bicyclic) bond motifs is 1. The quantitative estimate of drug-likeness (QED) is 0.589. The Hall–Kier alpha value is -2.95. The van der Waals surface area contributed by atoms with Crippen molar-refractivity contribution in [2.45, 2.75) is 53.5 Å². The van der Waals surface area contributed by atoms with Crippen LogP contribution in [0.3, 0.4) is 0 Å². The van der Waals surface area contributed by atoms with Crippen LogP contribution in [0.1, 0.15) is 57.0 Å². The Morgan fingerprint density at radius 2 is 1.55 bits per heavy atom. The molecule has 0 aliphatic carbocycles. The number of nitrogens with two attached hydrogens (primary N) is 1. The molecule has 158 valence electrons. The molecule has 0 fully saturated rings. The lowest BCUT2D eigenvalue weighted by atomic mass is 9.93. The second-order valence-corrected chi connectivity index (χ2v) is 6.35. The first kappa shape index (κ1) is 26.1. The first-order valence-corrected chi connectivity index (χ1v) is 9.91. The first-order chi connectivity index (χ1) is 13.9. The predicted molar refractivity (Wildman–Crippen MR) is 121 cm³/mol. The van der Waals surface area contributed by atoms with Crippen molar-refractivity contribution in [2.24, 2.45) is 5.73 Å². The summed E-state index contributed by atoms with van der Waals surface area (Å²) >= 11 is 0. The summed E-state index contributed by atoms with van der Waals surface area (Å²) in [6.07, 6.45) is 3.34. The molecule has 1 atom stereocenters. The van der Waals surface area contributed by atoms with Gasteiger partial charge in [0.25, 0.3) is 0 Å². The van der Waals surface area contributed by atoms with E-state index >= 15 is 0 Å². The van der Waals surface area contributed by atoms with Gasteiger partial charge >= 0.3 is 0 Å². The first-order valence-electron chi connectivity index (χ1n) is 9.91. The number of aryl methyl sites for hydroxylation is 1. The number of Topliss-reactive ketones (excluding diaryl/α,β-unsaturated/α-hetero) is 1. The van der Waals surface area contributed by atoms with Crippen molar-refractivity contribution < 1.29 is 14.4 Å². The molecule has 0 bridgehead atoms. The highest BCUT2D eigenvalue weighted by Crippen LogP contribution is 2.33. The number of carbonyl (C=O) groups excluding carboxylic acids is 3. The predicted octanol–water partition coefficient (Wildman–Crippen LogP) is 4.66. The summed E-state index contributed by atoms with van der Waals surface area (Å²) in [5.74, 6) is 0.114. The third kappa shape index (κ3) is 7.90. The maximum atomic E-state index is 11.3. The lowest BCUT2D eigenvalue weighted by Gasteiger charge is -2.34. The highest BCUT2D eigenvalue weighted by Gasteiger charge is 2.19. The number of ketones is 1. The zero-order valence-corrected chi connectivity index (χ0v) is 18.4. The van der Waals surface area contributed by atoms with Gasteiger partial charge in [-0.3, -0.25) is 9.59 Å². The summed E-state index contributed by atoms with van der Waals surface area (Å²) in [4.78, 5) is 31.1. The molecule has 0 aromatic heterocycles. The molecule has 0 spiro atoms. The summed E-state index contributed by atoms with van der Waals surface area (Å²) in [6.45, 7) is 9.32. The average Bonchev–Trinajstić information content (AvgIpc) is 2.73. The molecule has 5 nitrogen and oxygen atoms in total. The summed E-state index contributed by atoms with van der Waals surface area (Å²) in [6, 6.07) is 15.2. The zero-order valence-electron chi connectivity index (χ0n) is 18.4. The third-order valence-electron chi connectivity index (χ3n) is 4.58. The van der Waals surface area contributed by atoms with Gasteiger partial charge in [0.1, 0.15) is 6.29 Å². The van der Waals surface area contributed by atoms with Crippen molar-refractivity contribution in [3.8, 4) is 11.1 Å². The Labute approximate surface area is 174 Å². The fourth-order valence-electron chi connectivity index (χ4n) is 3.00. The van der Waals surface area contributed by atoms with E-state index in [1.165, 1.54) is 35.7 Å². The van der Waals surface area contributed by atoms with Gasteiger partial charge in [-0.2, -0.15) is 0 Å². The largest absolute Gasteiger partial charge is 0.372 e. The number of carbonyl (C=O) groups is 3. The molecule has 1 heterocycles. The number of hydrogen-bond acceptors (Lipinski definition) is 4. The number of primary amides is 1. The SMILES string of the molecule is CC.CC(=O)c1ccc(-c2ccc3c(c2)CC[C@H](C)N3C)cc1.CC=O.NC=O. The second-order valence-electron chi connectivity index (χ2n) is 6.35. The van der Waals surface area contributed by atoms with Crippen molar-refractivity contribution in [1.29, 1.82) is 0 Å². The molecule has 2 aromatic carbocycles. The van der Waals surface area contributed by atoms with Crippen LogP contribution in [0.15, 0.2) is 42.5 Å². The molecule has 0 radical (unpaired) electrons. The van der Waals surface area contributed by atoms with Gasteiger partial charge in [-0.25, -0.2) is 0 Å². The van der Waals surface area contributed by atoms with Gasteiger partial charge in [0.2, 0.25) is 6.41 Å². The highest BCUT2D eigenvalue weighted by atomic mass is 16.1. The van der Waals surface area contributed by atoms with Crippen molar-refractivity contribution in [3.63, 3.8) is 0 Å². The summed E-state index contributed by atoms with van der Waals surface area (Å²) in [5, 5.41) is 0. The van der Waals surface area contributed by atoms with E-state index in [1.54, 1.807) is 6.92 Å². The number of benzene rings is 2. The monoisotopic (exact) mass is 398 g/mol. The molecule has 2 aromatic rings. The number of nitrogens with zero attached hydrogens (tertiary/aromatic N) is 1. The van der Waals surface area contributed by atoms with Crippen LogP contribution < -0.4 is 10.6 Å². The number of amides is 1. The van der Waals surface area contributed by atoms with Gasteiger partial charge in [-0.15, -0.1) is 0 Å². The van der Waals surface area contributed by atoms with Gasteiger partial charge < -0.3 is 15.4 Å². The van der Waals surface area contributed by atoms with E-state index < -0.39 is 0 Å². The minimum Gasteiger partial charge on any atom is -0.372 e. The van der Waals surface area contributed by atoms with Gasteiger partial charge in [0.15, 0.2) is 5.78 Å². The maximum absolute atomic E-state index is 11.3. The molecule has 1 aliphatic heterocycles. The molecule has 5 heteroatoms. The van der Waals surface area contributed by atoms with E-state index in [-0.39, 0.29) is 12.2 Å². The van der Waals surface area contributed by atoms with E-state index in [1.807, 2.05) is 38.1 Å². The Bertz CT molecular complexity index is 764. The molecule has 1 aliphatic rings. The normalized spacial score (nSPS) is 13.7. The lowest BCUT2D eigenvalue weighted by molar-refractivity contribution is -0.107. The molecular weight excluding hydrogens is 364 g/mol. The Balaban J connectivity index is 0.000000858. The van der Waals surface area contributed by atoms with E-state index in [2.05, 4.69) is 42.8 Å². The van der Waals surface area contributed by atoms with Gasteiger partial charge in [-0.1, -0.05) is 44.2 Å². The van der Waals surface area contributed by atoms with Gasteiger partial charge in [-0.05, 0) is 62.4 Å². The fourth-order valence-corrected chi connectivity index (χ4v) is 3.00. The maximum Gasteiger partial charge on any atom is 0.204 e. The second kappa shape index (κ2) is 14.1. The Morgan fingerprint density at radius 3 is 2.03 bits per heavy atom. The van der Waals surface area contributed by atoms with E-state index in [4.69, 9.17) is 9.59 Å². The number of hydrogen-bond donors (Lipinski definition) is 1. The van der Waals surface area contributed by atoms with Crippen LogP contribution in [0.2, 0.25) is 0 Å². The molecule has 2 N–H and O–H groups in total. The van der Waals surface area contributed by atoms with Crippen molar-refractivity contribution in [3.05, 3.63) is 53.6 Å². The van der Waals surface area contributed by atoms with Crippen molar-refractivity contribution in [1.82, 2.24) is 0 Å². The molecule has 0 saturated heterocycles. The van der Waals surface area contributed by atoms with Crippen LogP contribution in [-0.4, -0.2) is 31.6 Å². The minimum absolute atomic E-state index is 0.114. The number of rotatable bonds is 2. The molecule has 0 unspecified atom stereocenters. The van der Waals surface area contributed by atoms with E-state index in [0.29, 0.717) is 6.04 Å². The van der Waals surface area contributed by atoms with Crippen LogP contribution in [0.4, 0.5) is 5.69 Å². The molecule has 29 heavy (non-hydrogen) atoms. The van der Waals surface area contributed by atoms with Crippen molar-refractivity contribution in [2.75, 3.05) is 11.9 Å². The molecule has 3 rings (SSSR count). The van der Waals surface area contributed by atoms with Crippen LogP contribution in [0, 0.1) is 0 Å². The smallest absolute Gasteiger partial charge is 0.204 e. The van der Waals surface area contributed by atoms with Crippen LogP contribution in [0.5, 0.6) is 0 Å². The minimum atomic E-state index is 0.114. The standard InChI is InChI=1S/C19H21NO.C2H4O.C2H6.CH3NO/c1-13-4-5-18-12-17(10-11-19(18)20(13)3)16-8-6-15(7-9-16)14(2)21;1-2-3;1-2;2-1-3/h6-13H,4-5H2,1-3H3;2H,1H3;1-2H3;1H,(H2,2,3)/t13-;;;/m0.../s1. The number of aldehydes is 1. The van der Waals surface area contributed by atoms with Gasteiger partial charge in [0, 0.05) is 24.3 Å². The molecule has 1 amide bonds. The Morgan fingerprint density at radius 1 is 1.07 bits per heavy atom. The Kier molecular flexibility index (Phi) is 12.7. The fraction of sp³-hybridized carbons (Fsp3) is 0.375. The van der Waals surface area contributed by atoms with Crippen LogP contribution >= 0.6 is 0 Å². The average molecular weight is 399 g/mol. The summed E-state index contributed by atoms with van der Waals surface area (Å²) in [7, 11) is 2.17. The van der Waals surface area contributed by atoms with Crippen LogP contribution in [-0.2, 0) is 16.0 Å². The van der Waals surface area contributed by atoms with Crippen LogP contribution in [0.25, 0.3) is 11.1 Å². The zero-order chi connectivity index (χ0) is 22.4. The molecular formula is C24H34N2O3. The summed E-state index contributed by atoms with van der Waals surface area (Å²) in [5.41, 5.74) is 10.1. The van der Waals surface area contributed by atoms with E-state index in [0.717, 1.165) is 18.3 Å². The van der Waals surface area contributed by atoms with Gasteiger partial charge in [0.05, 0.1) is 0 Å². The number of anilines is 1. The summed E-state index contributed by atoms with van der Waals surface area (Å²) < 4.78 is 0. The topological polar surface area (TPSA) is 80.5 Å².